The predicted molar refractivity (Wildman–Crippen MR) is 184 cm³/mol. The van der Waals surface area contributed by atoms with Crippen LogP contribution in [0.25, 0.3) is 0 Å². The standard InChI is InChI=1S/C34H41N5O6S2/c1-23-22-46-32(36-23)21-38(2)34(42)27-16-26(17-28(18-27)39(3)47(5,43)44)33(41)37-30(15-24-10-7-6-8-11-24)31(40)20-35-19-25-12-9-13-29(14-25)45-4/h6-14,16-18,22,30-31,35,40H,15,19-21H2,1-5H3,(H,37,41). The van der Waals surface area contributed by atoms with Crippen LogP contribution in [0, 0.1) is 6.92 Å². The molecule has 4 aromatic rings. The van der Waals surface area contributed by atoms with Crippen LogP contribution in [0.5, 0.6) is 5.75 Å². The monoisotopic (exact) mass is 679 g/mol. The molecule has 2 unspecified atom stereocenters. The van der Waals surface area contributed by atoms with Crippen LogP contribution in [0.3, 0.4) is 0 Å². The number of anilines is 1. The van der Waals surface area contributed by atoms with Gasteiger partial charge in [-0.15, -0.1) is 11.3 Å². The van der Waals surface area contributed by atoms with Gasteiger partial charge in [0.25, 0.3) is 11.8 Å². The summed E-state index contributed by atoms with van der Waals surface area (Å²) in [6, 6.07) is 20.6. The fourth-order valence-corrected chi connectivity index (χ4v) is 6.21. The summed E-state index contributed by atoms with van der Waals surface area (Å²) in [5, 5.41) is 20.1. The second-order valence-corrected chi connectivity index (χ2v) is 14.3. The Bertz CT molecular complexity index is 1780. The van der Waals surface area contributed by atoms with Gasteiger partial charge in [-0.1, -0.05) is 42.5 Å². The van der Waals surface area contributed by atoms with Gasteiger partial charge in [0.05, 0.1) is 37.7 Å². The lowest BCUT2D eigenvalue weighted by Gasteiger charge is -2.26. The van der Waals surface area contributed by atoms with Gasteiger partial charge in [0.15, 0.2) is 0 Å². The number of carbonyl (C=O) groups excluding carboxylic acids is 2. The van der Waals surface area contributed by atoms with E-state index in [-0.39, 0.29) is 29.9 Å². The first-order chi connectivity index (χ1) is 22.3. The van der Waals surface area contributed by atoms with E-state index in [0.29, 0.717) is 13.0 Å². The van der Waals surface area contributed by atoms with Gasteiger partial charge in [0, 0.05) is 49.4 Å². The number of ether oxygens (including phenoxy) is 1. The molecule has 3 aromatic carbocycles. The third-order valence-corrected chi connectivity index (χ3v) is 9.73. The molecule has 0 spiro atoms. The van der Waals surface area contributed by atoms with Crippen molar-refractivity contribution in [1.29, 1.82) is 0 Å². The molecule has 0 aliphatic rings. The molecule has 11 nitrogen and oxygen atoms in total. The van der Waals surface area contributed by atoms with Crippen molar-refractivity contribution >= 4 is 38.9 Å². The number of hydrogen-bond acceptors (Lipinski definition) is 9. The SMILES string of the molecule is COc1cccc(CNCC(O)C(Cc2ccccc2)NC(=O)c2cc(C(=O)N(C)Cc3nc(C)cs3)cc(N(C)S(C)(=O)=O)c2)c1. The van der Waals surface area contributed by atoms with Crippen molar-refractivity contribution in [2.45, 2.75) is 38.6 Å². The van der Waals surface area contributed by atoms with Gasteiger partial charge in [-0.25, -0.2) is 13.4 Å². The molecule has 2 atom stereocenters. The van der Waals surface area contributed by atoms with E-state index in [4.69, 9.17) is 4.74 Å². The number of aryl methyl sites for hydroxylation is 1. The van der Waals surface area contributed by atoms with Crippen LogP contribution in [0.4, 0.5) is 5.69 Å². The Morgan fingerprint density at radius 3 is 2.36 bits per heavy atom. The van der Waals surface area contributed by atoms with Crippen molar-refractivity contribution in [3.63, 3.8) is 0 Å². The summed E-state index contributed by atoms with van der Waals surface area (Å²) in [5.74, 6) is -0.239. The average Bonchev–Trinajstić information content (AvgIpc) is 3.47. The number of hydrogen-bond donors (Lipinski definition) is 3. The molecule has 2 amide bonds. The molecular formula is C34H41N5O6S2. The van der Waals surface area contributed by atoms with E-state index in [1.165, 1.54) is 41.5 Å². The molecule has 13 heteroatoms. The second-order valence-electron chi connectivity index (χ2n) is 11.4. The topological polar surface area (TPSA) is 141 Å². The molecule has 3 N–H and O–H groups in total. The summed E-state index contributed by atoms with van der Waals surface area (Å²) >= 11 is 1.43. The summed E-state index contributed by atoms with van der Waals surface area (Å²) in [5.41, 5.74) is 3.10. The maximum absolute atomic E-state index is 13.8. The normalized spacial score (nSPS) is 12.6. The maximum atomic E-state index is 13.8. The lowest BCUT2D eigenvalue weighted by atomic mass is 10.00. The Balaban J connectivity index is 1.58. The van der Waals surface area contributed by atoms with E-state index in [0.717, 1.165) is 38.1 Å². The van der Waals surface area contributed by atoms with Gasteiger partial charge >= 0.3 is 0 Å². The number of carbonyl (C=O) groups is 2. The number of aliphatic hydroxyl groups excluding tert-OH is 1. The van der Waals surface area contributed by atoms with Crippen LogP contribution in [-0.2, 0) is 29.5 Å². The van der Waals surface area contributed by atoms with E-state index in [1.807, 2.05) is 66.9 Å². The minimum absolute atomic E-state index is 0.0782. The van der Waals surface area contributed by atoms with Crippen LogP contribution in [0.15, 0.2) is 78.2 Å². The summed E-state index contributed by atoms with van der Waals surface area (Å²) < 4.78 is 31.2. The first kappa shape index (κ1) is 35.6. The number of methoxy groups -OCH3 is 1. The quantitative estimate of drug-likeness (QED) is 0.173. The van der Waals surface area contributed by atoms with Gasteiger partial charge in [-0.05, 0) is 54.8 Å². The zero-order chi connectivity index (χ0) is 34.1. The molecule has 0 fully saturated rings. The third-order valence-electron chi connectivity index (χ3n) is 7.57. The molecule has 0 bridgehead atoms. The van der Waals surface area contributed by atoms with Crippen molar-refractivity contribution in [1.82, 2.24) is 20.5 Å². The highest BCUT2D eigenvalue weighted by atomic mass is 32.2. The van der Waals surface area contributed by atoms with Crippen molar-refractivity contribution < 1.29 is 27.9 Å². The minimum Gasteiger partial charge on any atom is -0.497 e. The Kier molecular flexibility index (Phi) is 12.1. The summed E-state index contributed by atoms with van der Waals surface area (Å²) in [4.78, 5) is 33.3. The van der Waals surface area contributed by atoms with Crippen molar-refractivity contribution in [3.8, 4) is 5.75 Å². The Hall–Kier alpha value is -4.30. The number of sulfonamides is 1. The minimum atomic E-state index is -3.71. The predicted octanol–water partition coefficient (Wildman–Crippen LogP) is 3.62. The van der Waals surface area contributed by atoms with Gasteiger partial charge < -0.3 is 25.4 Å². The maximum Gasteiger partial charge on any atom is 0.254 e. The number of nitrogens with zero attached hydrogens (tertiary/aromatic N) is 3. The van der Waals surface area contributed by atoms with Gasteiger partial charge in [-0.2, -0.15) is 0 Å². The van der Waals surface area contributed by atoms with Crippen LogP contribution < -0.4 is 19.7 Å². The molecule has 4 rings (SSSR count). The fraction of sp³-hybridized carbons (Fsp3) is 0.324. The summed E-state index contributed by atoms with van der Waals surface area (Å²) in [7, 11) is 0.872. The number of benzene rings is 3. The smallest absolute Gasteiger partial charge is 0.254 e. The Morgan fingerprint density at radius 2 is 1.70 bits per heavy atom. The molecule has 47 heavy (non-hydrogen) atoms. The number of nitrogens with one attached hydrogen (secondary N) is 2. The van der Waals surface area contributed by atoms with E-state index in [2.05, 4.69) is 15.6 Å². The number of aliphatic hydroxyl groups is 1. The fourth-order valence-electron chi connectivity index (χ4n) is 4.90. The van der Waals surface area contributed by atoms with Crippen LogP contribution in [0.2, 0.25) is 0 Å². The lowest BCUT2D eigenvalue weighted by Crippen LogP contribution is -2.48. The van der Waals surface area contributed by atoms with Gasteiger partial charge in [0.2, 0.25) is 10.0 Å². The third kappa shape index (κ3) is 10.1. The van der Waals surface area contributed by atoms with Gasteiger partial charge in [-0.3, -0.25) is 13.9 Å². The highest BCUT2D eigenvalue weighted by molar-refractivity contribution is 7.92. The molecule has 0 radical (unpaired) electrons. The van der Waals surface area contributed by atoms with Crippen LogP contribution in [-0.4, -0.2) is 81.4 Å². The number of rotatable bonds is 15. The lowest BCUT2D eigenvalue weighted by molar-refractivity contribution is 0.0784. The number of aromatic nitrogens is 1. The average molecular weight is 680 g/mol. The zero-order valence-corrected chi connectivity index (χ0v) is 28.8. The molecule has 1 aromatic heterocycles. The first-order valence-corrected chi connectivity index (χ1v) is 17.7. The van der Waals surface area contributed by atoms with E-state index >= 15 is 0 Å². The second kappa shape index (κ2) is 16.0. The Labute approximate surface area is 280 Å². The Morgan fingerprint density at radius 1 is 1.00 bits per heavy atom. The molecule has 0 aliphatic carbocycles. The summed E-state index contributed by atoms with van der Waals surface area (Å²) in [6.45, 7) is 2.77. The van der Waals surface area contributed by atoms with E-state index in [1.54, 1.807) is 14.2 Å². The van der Waals surface area contributed by atoms with Crippen molar-refractivity contribution in [2.24, 2.45) is 0 Å². The van der Waals surface area contributed by atoms with Gasteiger partial charge in [0.1, 0.15) is 10.8 Å². The molecule has 250 valence electrons. The number of amides is 2. The number of thiazole rings is 1. The molecular weight excluding hydrogens is 639 g/mol. The van der Waals surface area contributed by atoms with Crippen molar-refractivity contribution in [2.75, 3.05) is 38.3 Å². The molecule has 0 saturated carbocycles. The highest BCUT2D eigenvalue weighted by Crippen LogP contribution is 2.23. The van der Waals surface area contributed by atoms with Crippen molar-refractivity contribution in [3.05, 3.63) is 111 Å². The van der Waals surface area contributed by atoms with E-state index < -0.39 is 34.0 Å². The molecule has 0 saturated heterocycles. The highest BCUT2D eigenvalue weighted by Gasteiger charge is 2.25. The molecule has 1 heterocycles. The van der Waals surface area contributed by atoms with Crippen LogP contribution in [0.1, 0.15) is 42.5 Å². The zero-order valence-electron chi connectivity index (χ0n) is 27.1. The summed E-state index contributed by atoms with van der Waals surface area (Å²) in [6.07, 6.45) is 0.392. The first-order valence-electron chi connectivity index (χ1n) is 15.0. The largest absolute Gasteiger partial charge is 0.497 e. The van der Waals surface area contributed by atoms with Crippen LogP contribution >= 0.6 is 11.3 Å². The molecule has 0 aliphatic heterocycles. The van der Waals surface area contributed by atoms with E-state index in [9.17, 15) is 23.1 Å².